The first-order valence-electron chi connectivity index (χ1n) is 7.54. The number of amides is 1. The third kappa shape index (κ3) is 3.71. The van der Waals surface area contributed by atoms with Crippen LogP contribution in [0.2, 0.25) is 5.02 Å². The zero-order valence-corrected chi connectivity index (χ0v) is 14.7. The number of nitrogens with one attached hydrogen (secondary N) is 1. The summed E-state index contributed by atoms with van der Waals surface area (Å²) in [5.41, 5.74) is 2.28. The summed E-state index contributed by atoms with van der Waals surface area (Å²) in [6.45, 7) is 0. The first-order chi connectivity index (χ1) is 11.7. The van der Waals surface area contributed by atoms with E-state index in [0.29, 0.717) is 10.6 Å². The van der Waals surface area contributed by atoms with Crippen molar-refractivity contribution in [1.29, 1.82) is 0 Å². The molecule has 1 aromatic heterocycles. The molecule has 2 aromatic carbocycles. The summed E-state index contributed by atoms with van der Waals surface area (Å²) in [5, 5.41) is 12.1. The monoisotopic (exact) mass is 360 g/mol. The highest BCUT2D eigenvalue weighted by Crippen LogP contribution is 2.19. The van der Waals surface area contributed by atoms with Crippen LogP contribution in [0.4, 0.5) is 0 Å². The van der Waals surface area contributed by atoms with E-state index < -0.39 is 0 Å². The number of nitrogens with zero attached hydrogens (tertiary/aromatic N) is 3. The van der Waals surface area contributed by atoms with Crippen LogP contribution in [0.15, 0.2) is 48.5 Å². The van der Waals surface area contributed by atoms with E-state index in [4.69, 9.17) is 11.6 Å². The first-order valence-corrected chi connectivity index (χ1v) is 9.31. The van der Waals surface area contributed by atoms with Crippen LogP contribution in [-0.4, -0.2) is 32.9 Å². The van der Waals surface area contributed by atoms with Crippen LogP contribution in [0, 0.1) is 0 Å². The molecule has 0 aliphatic carbocycles. The fourth-order valence-corrected chi connectivity index (χ4v) is 3.02. The highest BCUT2D eigenvalue weighted by Gasteiger charge is 2.18. The Morgan fingerprint density at radius 1 is 1.25 bits per heavy atom. The topological polar surface area (TPSA) is 59.8 Å². The fraction of sp³-hybridized carbons (Fsp3) is 0.235. The van der Waals surface area contributed by atoms with E-state index in [0.717, 1.165) is 23.2 Å². The van der Waals surface area contributed by atoms with E-state index in [-0.39, 0.29) is 12.1 Å². The molecule has 1 amide bonds. The number of carbonyl (C=O) groups excluding carboxylic acids is 1. The van der Waals surface area contributed by atoms with Gasteiger partial charge in [-0.25, -0.2) is 4.68 Å². The summed E-state index contributed by atoms with van der Waals surface area (Å²) in [7, 11) is 0. The van der Waals surface area contributed by atoms with Crippen LogP contribution in [-0.2, 0) is 0 Å². The quantitative estimate of drug-likeness (QED) is 0.727. The molecule has 0 fully saturated rings. The van der Waals surface area contributed by atoms with Crippen molar-refractivity contribution >= 4 is 40.3 Å². The van der Waals surface area contributed by atoms with Crippen LogP contribution in [0.25, 0.3) is 11.0 Å². The molecule has 3 aromatic rings. The van der Waals surface area contributed by atoms with Gasteiger partial charge >= 0.3 is 0 Å². The normalized spacial score (nSPS) is 12.2. The number of benzene rings is 2. The number of fused-ring (bicyclic) bond motifs is 1. The molecule has 0 spiro atoms. The number of hydrogen-bond acceptors (Lipinski definition) is 4. The molecular formula is C17H17ClN4OS. The molecule has 0 bridgehead atoms. The Bertz CT molecular complexity index is 834. The smallest absolute Gasteiger partial charge is 0.252 e. The van der Waals surface area contributed by atoms with Gasteiger partial charge in [-0.15, -0.1) is 5.10 Å². The van der Waals surface area contributed by atoms with Crippen molar-refractivity contribution in [1.82, 2.24) is 20.3 Å². The summed E-state index contributed by atoms with van der Waals surface area (Å²) < 4.78 is 1.78. The third-order valence-corrected chi connectivity index (χ3v) is 4.57. The molecule has 124 valence electrons. The second kappa shape index (κ2) is 7.68. The van der Waals surface area contributed by atoms with Gasteiger partial charge in [0.25, 0.3) is 5.91 Å². The van der Waals surface area contributed by atoms with Gasteiger partial charge in [0.15, 0.2) is 0 Å². The number of thioether (sulfide) groups is 1. The molecule has 0 aliphatic rings. The minimum atomic E-state index is -0.256. The molecule has 1 N–H and O–H groups in total. The van der Waals surface area contributed by atoms with Crippen LogP contribution in [0.1, 0.15) is 22.9 Å². The van der Waals surface area contributed by atoms with Gasteiger partial charge in [0.05, 0.1) is 5.52 Å². The largest absolute Gasteiger partial charge is 0.330 e. The van der Waals surface area contributed by atoms with Gasteiger partial charge in [0.2, 0.25) is 0 Å². The second-order valence-corrected chi connectivity index (χ2v) is 6.72. The molecule has 7 heteroatoms. The third-order valence-electron chi connectivity index (χ3n) is 3.67. The lowest BCUT2D eigenvalue weighted by molar-refractivity contribution is 0.0915. The summed E-state index contributed by atoms with van der Waals surface area (Å²) >= 11 is 7.61. The summed E-state index contributed by atoms with van der Waals surface area (Å²) in [4.78, 5) is 12.5. The van der Waals surface area contributed by atoms with Crippen molar-refractivity contribution in [3.8, 4) is 0 Å². The SMILES string of the molecule is CSCCC(NC(=O)c1ccc(Cl)cc1)n1nnc2ccccc21. The fourth-order valence-electron chi connectivity index (χ4n) is 2.44. The Morgan fingerprint density at radius 3 is 2.75 bits per heavy atom. The lowest BCUT2D eigenvalue weighted by Gasteiger charge is -2.19. The lowest BCUT2D eigenvalue weighted by atomic mass is 10.2. The summed E-state index contributed by atoms with van der Waals surface area (Å²) in [5.74, 6) is 0.747. The molecule has 0 saturated carbocycles. The zero-order chi connectivity index (χ0) is 16.9. The molecule has 24 heavy (non-hydrogen) atoms. The molecule has 1 atom stereocenters. The van der Waals surface area contributed by atoms with Gasteiger partial charge in [-0.3, -0.25) is 4.79 Å². The Morgan fingerprint density at radius 2 is 2.00 bits per heavy atom. The molecular weight excluding hydrogens is 344 g/mol. The average Bonchev–Trinajstić information content (AvgIpc) is 3.03. The van der Waals surface area contributed by atoms with E-state index in [9.17, 15) is 4.79 Å². The van der Waals surface area contributed by atoms with Crippen LogP contribution >= 0.6 is 23.4 Å². The summed E-state index contributed by atoms with van der Waals surface area (Å²) in [6.07, 6.45) is 2.54. The van der Waals surface area contributed by atoms with Crippen LogP contribution in [0.5, 0.6) is 0 Å². The maximum absolute atomic E-state index is 12.5. The molecule has 3 rings (SSSR count). The molecule has 1 unspecified atom stereocenters. The van der Waals surface area contributed by atoms with Gasteiger partial charge in [-0.1, -0.05) is 28.9 Å². The number of hydrogen-bond donors (Lipinski definition) is 1. The van der Waals surface area contributed by atoms with Crippen molar-refractivity contribution in [2.24, 2.45) is 0 Å². The first kappa shape index (κ1) is 16.8. The zero-order valence-electron chi connectivity index (χ0n) is 13.1. The molecule has 0 radical (unpaired) electrons. The minimum absolute atomic E-state index is 0.155. The number of carbonyl (C=O) groups is 1. The number of aromatic nitrogens is 3. The second-order valence-electron chi connectivity index (χ2n) is 5.30. The van der Waals surface area contributed by atoms with Gasteiger partial charge in [-0.05, 0) is 54.8 Å². The van der Waals surface area contributed by atoms with Crippen molar-refractivity contribution in [3.63, 3.8) is 0 Å². The van der Waals surface area contributed by atoms with Crippen LogP contribution < -0.4 is 5.32 Å². The number of para-hydroxylation sites is 1. The van der Waals surface area contributed by atoms with Crippen molar-refractivity contribution < 1.29 is 4.79 Å². The van der Waals surface area contributed by atoms with E-state index in [1.54, 1.807) is 40.7 Å². The van der Waals surface area contributed by atoms with E-state index in [1.807, 2.05) is 30.5 Å². The van der Waals surface area contributed by atoms with E-state index >= 15 is 0 Å². The van der Waals surface area contributed by atoms with E-state index in [2.05, 4.69) is 15.6 Å². The maximum atomic E-state index is 12.5. The maximum Gasteiger partial charge on any atom is 0.252 e. The summed E-state index contributed by atoms with van der Waals surface area (Å²) in [6, 6.07) is 14.6. The Kier molecular flexibility index (Phi) is 5.37. The molecule has 0 aliphatic heterocycles. The van der Waals surface area contributed by atoms with Crippen molar-refractivity contribution in [2.45, 2.75) is 12.6 Å². The van der Waals surface area contributed by atoms with Crippen molar-refractivity contribution in [3.05, 3.63) is 59.1 Å². The van der Waals surface area contributed by atoms with Gasteiger partial charge in [0.1, 0.15) is 11.7 Å². The van der Waals surface area contributed by atoms with Crippen LogP contribution in [0.3, 0.4) is 0 Å². The molecule has 0 saturated heterocycles. The number of rotatable bonds is 6. The minimum Gasteiger partial charge on any atom is -0.330 e. The molecule has 1 heterocycles. The van der Waals surface area contributed by atoms with Gasteiger partial charge in [-0.2, -0.15) is 11.8 Å². The number of halogens is 1. The highest BCUT2D eigenvalue weighted by atomic mass is 35.5. The Balaban J connectivity index is 1.86. The highest BCUT2D eigenvalue weighted by molar-refractivity contribution is 7.98. The Labute approximate surface area is 149 Å². The Hall–Kier alpha value is -2.05. The average molecular weight is 361 g/mol. The lowest BCUT2D eigenvalue weighted by Crippen LogP contribution is -2.33. The van der Waals surface area contributed by atoms with E-state index in [1.165, 1.54) is 0 Å². The predicted octanol–water partition coefficient (Wildman–Crippen LogP) is 3.77. The van der Waals surface area contributed by atoms with Crippen molar-refractivity contribution in [2.75, 3.05) is 12.0 Å². The van der Waals surface area contributed by atoms with Gasteiger partial charge < -0.3 is 5.32 Å². The standard InChI is InChI=1S/C17H17ClN4OS/c1-24-11-10-16(19-17(23)12-6-8-13(18)9-7-12)22-15-5-3-2-4-14(15)20-21-22/h2-9,16H,10-11H2,1H3,(H,19,23). The molecule has 5 nitrogen and oxygen atoms in total. The van der Waals surface area contributed by atoms with Gasteiger partial charge in [0, 0.05) is 10.6 Å². The predicted molar refractivity (Wildman–Crippen MR) is 98.5 cm³/mol.